The summed E-state index contributed by atoms with van der Waals surface area (Å²) in [5.74, 6) is 0. The van der Waals surface area contributed by atoms with Crippen LogP contribution in [0.5, 0.6) is 0 Å². The molecule has 1 aliphatic rings. The van der Waals surface area contributed by atoms with Crippen LogP contribution in [0.1, 0.15) is 12.0 Å². The molecular weight excluding hydrogens is 270 g/mol. The van der Waals surface area contributed by atoms with Crippen molar-refractivity contribution < 1.29 is 4.74 Å². The van der Waals surface area contributed by atoms with Crippen LogP contribution >= 0.6 is 12.2 Å². The first-order chi connectivity index (χ1) is 9.75. The van der Waals surface area contributed by atoms with Crippen molar-refractivity contribution in [3.05, 3.63) is 29.8 Å². The van der Waals surface area contributed by atoms with Gasteiger partial charge in [0.05, 0.1) is 13.2 Å². The van der Waals surface area contributed by atoms with Gasteiger partial charge in [0.2, 0.25) is 0 Å². The molecule has 0 bridgehead atoms. The number of anilines is 1. The van der Waals surface area contributed by atoms with E-state index in [1.54, 1.807) is 0 Å². The minimum absolute atomic E-state index is 0.696. The summed E-state index contributed by atoms with van der Waals surface area (Å²) < 4.78 is 5.33. The Morgan fingerprint density at radius 2 is 2.05 bits per heavy atom. The molecule has 0 spiro atoms. The highest BCUT2D eigenvalue weighted by Crippen LogP contribution is 2.12. The van der Waals surface area contributed by atoms with Crippen LogP contribution in [-0.4, -0.2) is 49.4 Å². The zero-order valence-corrected chi connectivity index (χ0v) is 12.8. The van der Waals surface area contributed by atoms with E-state index >= 15 is 0 Å². The number of para-hydroxylation sites is 1. The van der Waals surface area contributed by atoms with E-state index in [-0.39, 0.29) is 0 Å². The molecule has 2 N–H and O–H groups in total. The predicted molar refractivity (Wildman–Crippen MR) is 87.3 cm³/mol. The van der Waals surface area contributed by atoms with Gasteiger partial charge < -0.3 is 15.4 Å². The van der Waals surface area contributed by atoms with Crippen molar-refractivity contribution in [2.45, 2.75) is 13.3 Å². The number of nitrogens with zero attached hydrogens (tertiary/aromatic N) is 1. The van der Waals surface area contributed by atoms with Gasteiger partial charge in [0.15, 0.2) is 5.11 Å². The van der Waals surface area contributed by atoms with Crippen LogP contribution in [0.4, 0.5) is 5.69 Å². The summed E-state index contributed by atoms with van der Waals surface area (Å²) in [6.07, 6.45) is 1.09. The lowest BCUT2D eigenvalue weighted by molar-refractivity contribution is 0.0376. The first-order valence-electron chi connectivity index (χ1n) is 7.16. The average Bonchev–Trinajstić information content (AvgIpc) is 2.47. The molecule has 20 heavy (non-hydrogen) atoms. The molecule has 4 nitrogen and oxygen atoms in total. The van der Waals surface area contributed by atoms with Crippen LogP contribution in [-0.2, 0) is 4.74 Å². The van der Waals surface area contributed by atoms with E-state index in [9.17, 15) is 0 Å². The van der Waals surface area contributed by atoms with Crippen molar-refractivity contribution in [2.75, 3.05) is 44.7 Å². The Hall–Kier alpha value is -1.17. The van der Waals surface area contributed by atoms with Gasteiger partial charge in [-0.2, -0.15) is 0 Å². The van der Waals surface area contributed by atoms with Crippen molar-refractivity contribution in [1.82, 2.24) is 10.2 Å². The predicted octanol–water partition coefficient (Wildman–Crippen LogP) is 2.00. The second kappa shape index (κ2) is 8.19. The van der Waals surface area contributed by atoms with E-state index in [0.29, 0.717) is 5.11 Å². The standard InChI is InChI=1S/C15H23N3OS/c1-13-5-2-3-6-14(13)17-15(20)16-7-4-8-18-9-11-19-12-10-18/h2-3,5-6H,4,7-12H2,1H3,(H2,16,17,20). The van der Waals surface area contributed by atoms with Crippen LogP contribution < -0.4 is 10.6 Å². The molecule has 1 saturated heterocycles. The maximum atomic E-state index is 5.33. The Bertz CT molecular complexity index is 433. The average molecular weight is 293 g/mol. The van der Waals surface area contributed by atoms with Gasteiger partial charge in [0.25, 0.3) is 0 Å². The third kappa shape index (κ3) is 5.07. The molecule has 0 amide bonds. The lowest BCUT2D eigenvalue weighted by Crippen LogP contribution is -2.38. The van der Waals surface area contributed by atoms with E-state index in [1.165, 1.54) is 5.56 Å². The lowest BCUT2D eigenvalue weighted by atomic mass is 10.2. The molecule has 2 rings (SSSR count). The highest BCUT2D eigenvalue weighted by atomic mass is 32.1. The molecule has 0 aliphatic carbocycles. The van der Waals surface area contributed by atoms with Gasteiger partial charge in [-0.25, -0.2) is 0 Å². The molecule has 1 aromatic carbocycles. The summed E-state index contributed by atoms with van der Waals surface area (Å²) in [5.41, 5.74) is 2.27. The molecule has 1 fully saturated rings. The summed E-state index contributed by atoms with van der Waals surface area (Å²) in [5, 5.41) is 7.19. The molecular formula is C15H23N3OS. The molecule has 1 heterocycles. The number of morpholine rings is 1. The Morgan fingerprint density at radius 1 is 1.30 bits per heavy atom. The number of nitrogens with one attached hydrogen (secondary N) is 2. The normalized spacial score (nSPS) is 15.8. The van der Waals surface area contributed by atoms with Crippen molar-refractivity contribution in [1.29, 1.82) is 0 Å². The second-order valence-electron chi connectivity index (χ2n) is 5.00. The monoisotopic (exact) mass is 293 g/mol. The third-order valence-electron chi connectivity index (χ3n) is 3.43. The molecule has 0 radical (unpaired) electrons. The van der Waals surface area contributed by atoms with Crippen molar-refractivity contribution >= 4 is 23.0 Å². The molecule has 1 aromatic rings. The van der Waals surface area contributed by atoms with Crippen molar-refractivity contribution in [2.24, 2.45) is 0 Å². The first-order valence-corrected chi connectivity index (χ1v) is 7.57. The van der Waals surface area contributed by atoms with Crippen LogP contribution in [0, 0.1) is 6.92 Å². The Morgan fingerprint density at radius 3 is 2.80 bits per heavy atom. The zero-order chi connectivity index (χ0) is 14.2. The van der Waals surface area contributed by atoms with Crippen molar-refractivity contribution in [3.63, 3.8) is 0 Å². The lowest BCUT2D eigenvalue weighted by Gasteiger charge is -2.26. The number of ether oxygens (including phenoxy) is 1. The van der Waals surface area contributed by atoms with Gasteiger partial charge in [-0.15, -0.1) is 0 Å². The Balaban J connectivity index is 1.61. The van der Waals surface area contributed by atoms with Gasteiger partial charge in [-0.05, 0) is 43.7 Å². The molecule has 110 valence electrons. The second-order valence-corrected chi connectivity index (χ2v) is 5.41. The zero-order valence-electron chi connectivity index (χ0n) is 12.0. The number of hydrogen-bond acceptors (Lipinski definition) is 3. The Kier molecular flexibility index (Phi) is 6.24. The number of rotatable bonds is 5. The number of thiocarbonyl (C=S) groups is 1. The van der Waals surface area contributed by atoms with Crippen LogP contribution in [0.3, 0.4) is 0 Å². The summed E-state index contributed by atoms with van der Waals surface area (Å²) in [7, 11) is 0. The van der Waals surface area contributed by atoms with Crippen molar-refractivity contribution in [3.8, 4) is 0 Å². The largest absolute Gasteiger partial charge is 0.379 e. The SMILES string of the molecule is Cc1ccccc1NC(=S)NCCCN1CCOCC1. The minimum Gasteiger partial charge on any atom is -0.379 e. The maximum absolute atomic E-state index is 5.33. The fraction of sp³-hybridized carbons (Fsp3) is 0.533. The van der Waals surface area contributed by atoms with Gasteiger partial charge in [0.1, 0.15) is 0 Å². The highest BCUT2D eigenvalue weighted by Gasteiger charge is 2.09. The summed E-state index contributed by atoms with van der Waals surface area (Å²) in [4.78, 5) is 2.43. The summed E-state index contributed by atoms with van der Waals surface area (Å²) in [6, 6.07) is 8.15. The van der Waals surface area contributed by atoms with Gasteiger partial charge in [-0.1, -0.05) is 18.2 Å². The van der Waals surface area contributed by atoms with Crippen LogP contribution in [0.15, 0.2) is 24.3 Å². The van der Waals surface area contributed by atoms with Crippen LogP contribution in [0.25, 0.3) is 0 Å². The minimum atomic E-state index is 0.696. The van der Waals surface area contributed by atoms with Gasteiger partial charge >= 0.3 is 0 Å². The number of hydrogen-bond donors (Lipinski definition) is 2. The fourth-order valence-electron chi connectivity index (χ4n) is 2.21. The molecule has 0 aromatic heterocycles. The Labute approximate surface area is 126 Å². The smallest absolute Gasteiger partial charge is 0.170 e. The fourth-order valence-corrected chi connectivity index (χ4v) is 2.42. The number of benzene rings is 1. The maximum Gasteiger partial charge on any atom is 0.170 e. The molecule has 0 saturated carbocycles. The molecule has 1 aliphatic heterocycles. The highest BCUT2D eigenvalue weighted by molar-refractivity contribution is 7.80. The topological polar surface area (TPSA) is 36.5 Å². The molecule has 0 unspecified atom stereocenters. The van der Waals surface area contributed by atoms with Gasteiger partial charge in [0, 0.05) is 25.3 Å². The summed E-state index contributed by atoms with van der Waals surface area (Å²) >= 11 is 5.31. The molecule has 0 atom stereocenters. The van der Waals surface area contributed by atoms with E-state index in [4.69, 9.17) is 17.0 Å². The quantitative estimate of drug-likeness (QED) is 0.641. The third-order valence-corrected chi connectivity index (χ3v) is 3.68. The summed E-state index contributed by atoms with van der Waals surface area (Å²) in [6.45, 7) is 7.89. The number of aryl methyl sites for hydroxylation is 1. The van der Waals surface area contributed by atoms with Gasteiger partial charge in [-0.3, -0.25) is 4.90 Å². The van der Waals surface area contributed by atoms with E-state index in [2.05, 4.69) is 28.5 Å². The molecule has 5 heteroatoms. The van der Waals surface area contributed by atoms with E-state index in [0.717, 1.165) is 51.5 Å². The first kappa shape index (κ1) is 15.2. The van der Waals surface area contributed by atoms with E-state index in [1.807, 2.05) is 18.2 Å². The van der Waals surface area contributed by atoms with Crippen LogP contribution in [0.2, 0.25) is 0 Å². The van der Waals surface area contributed by atoms with E-state index < -0.39 is 0 Å².